The monoisotopic (exact) mass is 333 g/mol. The SMILES string of the molecule is c1ccc([C@H]2c3ccccc3CCN2C2=NC[C@@]3(CCNC3)O2)cc1. The maximum absolute atomic E-state index is 6.43. The van der Waals surface area contributed by atoms with E-state index in [-0.39, 0.29) is 11.6 Å². The third kappa shape index (κ3) is 2.52. The lowest BCUT2D eigenvalue weighted by Crippen LogP contribution is -2.44. The van der Waals surface area contributed by atoms with E-state index in [0.29, 0.717) is 0 Å². The second-order valence-electron chi connectivity index (χ2n) is 7.27. The standard InChI is InChI=1S/C21H23N3O/c1-2-7-17(8-3-1)19-18-9-5-4-6-16(18)10-13-24(19)20-23-15-21(25-20)11-12-22-14-21/h1-9,19,22H,10-15H2/t19-,21-/m0/s1. The molecule has 3 aliphatic heterocycles. The van der Waals surface area contributed by atoms with Gasteiger partial charge >= 0.3 is 0 Å². The molecule has 0 bridgehead atoms. The van der Waals surface area contributed by atoms with E-state index in [1.54, 1.807) is 0 Å². The Hall–Kier alpha value is -2.33. The molecule has 2 atom stereocenters. The fraction of sp³-hybridized carbons (Fsp3) is 0.381. The first-order valence-electron chi connectivity index (χ1n) is 9.18. The summed E-state index contributed by atoms with van der Waals surface area (Å²) in [5, 5.41) is 3.42. The fourth-order valence-corrected chi connectivity index (χ4v) is 4.33. The van der Waals surface area contributed by atoms with Crippen molar-refractivity contribution in [1.29, 1.82) is 0 Å². The predicted molar refractivity (Wildman–Crippen MR) is 98.7 cm³/mol. The molecule has 0 aromatic heterocycles. The van der Waals surface area contributed by atoms with Crippen LogP contribution in [-0.2, 0) is 11.2 Å². The summed E-state index contributed by atoms with van der Waals surface area (Å²) >= 11 is 0. The topological polar surface area (TPSA) is 36.9 Å². The molecule has 1 spiro atoms. The van der Waals surface area contributed by atoms with Gasteiger partial charge in [0, 0.05) is 19.5 Å². The number of benzene rings is 2. The van der Waals surface area contributed by atoms with Gasteiger partial charge in [-0.1, -0.05) is 54.6 Å². The quantitative estimate of drug-likeness (QED) is 0.872. The number of nitrogens with one attached hydrogen (secondary N) is 1. The molecule has 1 fully saturated rings. The van der Waals surface area contributed by atoms with Crippen LogP contribution in [0.1, 0.15) is 29.2 Å². The van der Waals surface area contributed by atoms with Crippen molar-refractivity contribution in [3.8, 4) is 0 Å². The van der Waals surface area contributed by atoms with E-state index in [2.05, 4.69) is 64.8 Å². The molecule has 128 valence electrons. The van der Waals surface area contributed by atoms with E-state index in [9.17, 15) is 0 Å². The van der Waals surface area contributed by atoms with Gasteiger partial charge in [0.2, 0.25) is 0 Å². The molecular formula is C21H23N3O. The molecule has 25 heavy (non-hydrogen) atoms. The number of ether oxygens (including phenoxy) is 1. The summed E-state index contributed by atoms with van der Waals surface area (Å²) in [6, 6.07) is 20.5. The molecule has 1 saturated heterocycles. The normalized spacial score (nSPS) is 27.9. The van der Waals surface area contributed by atoms with Gasteiger partial charge in [0.15, 0.2) is 0 Å². The van der Waals surface area contributed by atoms with Crippen molar-refractivity contribution in [2.45, 2.75) is 24.5 Å². The van der Waals surface area contributed by atoms with Crippen LogP contribution in [0.25, 0.3) is 0 Å². The van der Waals surface area contributed by atoms with Crippen LogP contribution < -0.4 is 5.32 Å². The zero-order valence-electron chi connectivity index (χ0n) is 14.3. The van der Waals surface area contributed by atoms with Gasteiger partial charge in [0.1, 0.15) is 5.60 Å². The van der Waals surface area contributed by atoms with Gasteiger partial charge in [0.05, 0.1) is 12.6 Å². The Bertz CT molecular complexity index is 796. The smallest absolute Gasteiger partial charge is 0.288 e. The van der Waals surface area contributed by atoms with Crippen molar-refractivity contribution in [3.05, 3.63) is 71.3 Å². The highest BCUT2D eigenvalue weighted by Gasteiger charge is 2.44. The van der Waals surface area contributed by atoms with Crippen molar-refractivity contribution in [3.63, 3.8) is 0 Å². The zero-order chi connectivity index (χ0) is 16.7. The Kier molecular flexibility index (Phi) is 3.52. The molecule has 0 aliphatic carbocycles. The van der Waals surface area contributed by atoms with Crippen LogP contribution >= 0.6 is 0 Å². The second kappa shape index (κ2) is 5.88. The Morgan fingerprint density at radius 1 is 1.08 bits per heavy atom. The predicted octanol–water partition coefficient (Wildman–Crippen LogP) is 2.75. The van der Waals surface area contributed by atoms with Crippen molar-refractivity contribution >= 4 is 6.02 Å². The number of amidine groups is 1. The van der Waals surface area contributed by atoms with E-state index in [1.165, 1.54) is 16.7 Å². The van der Waals surface area contributed by atoms with E-state index in [4.69, 9.17) is 9.73 Å². The maximum atomic E-state index is 6.43. The largest absolute Gasteiger partial charge is 0.455 e. The van der Waals surface area contributed by atoms with Crippen LogP contribution in [0.2, 0.25) is 0 Å². The molecule has 1 N–H and O–H groups in total. The summed E-state index contributed by atoms with van der Waals surface area (Å²) in [4.78, 5) is 7.19. The Morgan fingerprint density at radius 3 is 2.76 bits per heavy atom. The van der Waals surface area contributed by atoms with Gasteiger partial charge in [-0.25, -0.2) is 4.99 Å². The fourth-order valence-electron chi connectivity index (χ4n) is 4.33. The third-order valence-corrected chi connectivity index (χ3v) is 5.66. The van der Waals surface area contributed by atoms with Crippen LogP contribution in [0.3, 0.4) is 0 Å². The molecule has 0 unspecified atom stereocenters. The summed E-state index contributed by atoms with van der Waals surface area (Å²) < 4.78 is 6.43. The van der Waals surface area contributed by atoms with E-state index in [1.807, 2.05) is 0 Å². The number of hydrogen-bond donors (Lipinski definition) is 1. The van der Waals surface area contributed by atoms with Crippen LogP contribution in [0.5, 0.6) is 0 Å². The highest BCUT2D eigenvalue weighted by molar-refractivity contribution is 5.78. The molecule has 2 aromatic rings. The van der Waals surface area contributed by atoms with Gasteiger partial charge < -0.3 is 15.0 Å². The Labute approximate surface area is 148 Å². The molecule has 4 heteroatoms. The van der Waals surface area contributed by atoms with E-state index in [0.717, 1.165) is 45.0 Å². The molecular weight excluding hydrogens is 310 g/mol. The van der Waals surface area contributed by atoms with Crippen molar-refractivity contribution in [1.82, 2.24) is 10.2 Å². The minimum atomic E-state index is -0.118. The zero-order valence-corrected chi connectivity index (χ0v) is 14.3. The van der Waals surface area contributed by atoms with E-state index >= 15 is 0 Å². The lowest BCUT2D eigenvalue weighted by atomic mass is 9.88. The lowest BCUT2D eigenvalue weighted by Gasteiger charge is -2.39. The van der Waals surface area contributed by atoms with Crippen LogP contribution in [-0.4, -0.2) is 42.7 Å². The highest BCUT2D eigenvalue weighted by atomic mass is 16.5. The molecule has 0 saturated carbocycles. The number of rotatable bonds is 1. The average Bonchev–Trinajstić information content (AvgIpc) is 3.31. The first kappa shape index (κ1) is 15.0. The molecule has 2 aromatic carbocycles. The summed E-state index contributed by atoms with van der Waals surface area (Å²) in [5.41, 5.74) is 3.99. The number of hydrogen-bond acceptors (Lipinski definition) is 4. The summed E-state index contributed by atoms with van der Waals surface area (Å²) in [6.07, 6.45) is 2.08. The summed E-state index contributed by atoms with van der Waals surface area (Å²) in [7, 11) is 0. The van der Waals surface area contributed by atoms with Gasteiger partial charge in [-0.05, 0) is 29.7 Å². The molecule has 0 amide bonds. The van der Waals surface area contributed by atoms with Gasteiger partial charge in [0.25, 0.3) is 6.02 Å². The second-order valence-corrected chi connectivity index (χ2v) is 7.27. The molecule has 5 rings (SSSR count). The third-order valence-electron chi connectivity index (χ3n) is 5.66. The lowest BCUT2D eigenvalue weighted by molar-refractivity contribution is 0.0813. The van der Waals surface area contributed by atoms with Gasteiger partial charge in [-0.2, -0.15) is 0 Å². The number of fused-ring (bicyclic) bond motifs is 1. The highest BCUT2D eigenvalue weighted by Crippen LogP contribution is 2.37. The number of aliphatic imine (C=N–C) groups is 1. The van der Waals surface area contributed by atoms with Gasteiger partial charge in [-0.15, -0.1) is 0 Å². The molecule has 3 aliphatic rings. The summed E-state index contributed by atoms with van der Waals surface area (Å²) in [5.74, 6) is 0. The molecule has 4 nitrogen and oxygen atoms in total. The first-order chi connectivity index (χ1) is 12.3. The maximum Gasteiger partial charge on any atom is 0.288 e. The van der Waals surface area contributed by atoms with E-state index < -0.39 is 0 Å². The van der Waals surface area contributed by atoms with Crippen molar-refractivity contribution in [2.75, 3.05) is 26.2 Å². The molecule has 0 radical (unpaired) electrons. The van der Waals surface area contributed by atoms with Crippen molar-refractivity contribution in [2.24, 2.45) is 4.99 Å². The van der Waals surface area contributed by atoms with Crippen molar-refractivity contribution < 1.29 is 4.74 Å². The Balaban J connectivity index is 1.53. The summed E-state index contributed by atoms with van der Waals surface area (Å²) in [6.45, 7) is 3.64. The van der Waals surface area contributed by atoms with Gasteiger partial charge in [-0.3, -0.25) is 0 Å². The average molecular weight is 333 g/mol. The number of nitrogens with zero attached hydrogens (tertiary/aromatic N) is 2. The Morgan fingerprint density at radius 2 is 1.92 bits per heavy atom. The van der Waals surface area contributed by atoms with Crippen LogP contribution in [0, 0.1) is 0 Å². The minimum absolute atomic E-state index is 0.118. The first-order valence-corrected chi connectivity index (χ1v) is 9.18. The van der Waals surface area contributed by atoms with Crippen LogP contribution in [0.15, 0.2) is 59.6 Å². The molecule has 3 heterocycles. The van der Waals surface area contributed by atoms with Crippen LogP contribution in [0.4, 0.5) is 0 Å². The minimum Gasteiger partial charge on any atom is -0.455 e.